The second kappa shape index (κ2) is 7.66. The van der Waals surface area contributed by atoms with Crippen molar-refractivity contribution in [3.63, 3.8) is 0 Å². The standard InChI is InChI=1S/C17H28N2/c1-15(14-19-10-6-3-7-11-19)12-18-13-17-9-5-4-8-16(17)2/h4-5,8-9,15,18H,3,6-7,10-14H2,1-2H3. The molecule has 2 heteroatoms. The van der Waals surface area contributed by atoms with E-state index in [9.17, 15) is 0 Å². The smallest absolute Gasteiger partial charge is 0.0208 e. The first-order chi connectivity index (χ1) is 9.25. The summed E-state index contributed by atoms with van der Waals surface area (Å²) in [6, 6.07) is 8.64. The molecule has 2 nitrogen and oxygen atoms in total. The number of nitrogens with zero attached hydrogens (tertiary/aromatic N) is 1. The fraction of sp³-hybridized carbons (Fsp3) is 0.647. The van der Waals surface area contributed by atoms with Gasteiger partial charge in [-0.3, -0.25) is 0 Å². The van der Waals surface area contributed by atoms with Crippen LogP contribution in [0.3, 0.4) is 0 Å². The number of nitrogens with one attached hydrogen (secondary N) is 1. The summed E-state index contributed by atoms with van der Waals surface area (Å²) >= 11 is 0. The SMILES string of the molecule is Cc1ccccc1CNCC(C)CN1CCCCC1. The third kappa shape index (κ3) is 4.96. The number of likely N-dealkylation sites (tertiary alicyclic amines) is 1. The molecule has 1 heterocycles. The van der Waals surface area contributed by atoms with Crippen LogP contribution in [0.4, 0.5) is 0 Å². The first kappa shape index (κ1) is 14.5. The fourth-order valence-electron chi connectivity index (χ4n) is 2.91. The van der Waals surface area contributed by atoms with Crippen LogP contribution in [-0.2, 0) is 6.54 Å². The molecule has 1 atom stereocenters. The average molecular weight is 260 g/mol. The average Bonchev–Trinajstić information content (AvgIpc) is 2.42. The third-order valence-corrected chi connectivity index (χ3v) is 4.09. The monoisotopic (exact) mass is 260 g/mol. The van der Waals surface area contributed by atoms with E-state index in [2.05, 4.69) is 48.3 Å². The van der Waals surface area contributed by atoms with Crippen molar-refractivity contribution in [1.82, 2.24) is 10.2 Å². The molecule has 1 N–H and O–H groups in total. The quantitative estimate of drug-likeness (QED) is 0.845. The molecule has 0 aromatic heterocycles. The van der Waals surface area contributed by atoms with Gasteiger partial charge < -0.3 is 10.2 Å². The van der Waals surface area contributed by atoms with E-state index < -0.39 is 0 Å². The van der Waals surface area contributed by atoms with Crippen molar-refractivity contribution < 1.29 is 0 Å². The first-order valence-electron chi connectivity index (χ1n) is 7.73. The maximum atomic E-state index is 3.61. The molecule has 0 spiro atoms. The van der Waals surface area contributed by atoms with Crippen molar-refractivity contribution in [2.75, 3.05) is 26.2 Å². The van der Waals surface area contributed by atoms with E-state index in [1.54, 1.807) is 0 Å². The summed E-state index contributed by atoms with van der Waals surface area (Å²) in [7, 11) is 0. The van der Waals surface area contributed by atoms with E-state index in [1.807, 2.05) is 0 Å². The predicted molar refractivity (Wildman–Crippen MR) is 82.3 cm³/mol. The Bertz CT molecular complexity index is 369. The lowest BCUT2D eigenvalue weighted by molar-refractivity contribution is 0.199. The van der Waals surface area contributed by atoms with E-state index in [1.165, 1.54) is 50.0 Å². The lowest BCUT2D eigenvalue weighted by Crippen LogP contribution is -2.36. The minimum absolute atomic E-state index is 0.738. The van der Waals surface area contributed by atoms with Crippen molar-refractivity contribution in [2.24, 2.45) is 5.92 Å². The maximum Gasteiger partial charge on any atom is 0.0208 e. The lowest BCUT2D eigenvalue weighted by Gasteiger charge is -2.29. The Morgan fingerprint density at radius 1 is 1.16 bits per heavy atom. The van der Waals surface area contributed by atoms with Crippen molar-refractivity contribution in [3.8, 4) is 0 Å². The predicted octanol–water partition coefficient (Wildman–Crippen LogP) is 3.21. The van der Waals surface area contributed by atoms with Crippen molar-refractivity contribution >= 4 is 0 Å². The van der Waals surface area contributed by atoms with Crippen LogP contribution in [0.5, 0.6) is 0 Å². The van der Waals surface area contributed by atoms with Crippen LogP contribution in [0.15, 0.2) is 24.3 Å². The summed E-state index contributed by atoms with van der Waals surface area (Å²) < 4.78 is 0. The molecule has 1 fully saturated rings. The number of hydrogen-bond donors (Lipinski definition) is 1. The number of hydrogen-bond acceptors (Lipinski definition) is 2. The maximum absolute atomic E-state index is 3.61. The van der Waals surface area contributed by atoms with E-state index >= 15 is 0 Å². The highest BCUT2D eigenvalue weighted by Crippen LogP contribution is 2.11. The largest absolute Gasteiger partial charge is 0.312 e. The molecule has 0 saturated carbocycles. The molecule has 0 bridgehead atoms. The summed E-state index contributed by atoms with van der Waals surface area (Å²) in [5.74, 6) is 0.738. The molecule has 1 aromatic carbocycles. The molecule has 0 radical (unpaired) electrons. The van der Waals surface area contributed by atoms with Gasteiger partial charge in [0.15, 0.2) is 0 Å². The lowest BCUT2D eigenvalue weighted by atomic mass is 10.1. The summed E-state index contributed by atoms with van der Waals surface area (Å²) in [5, 5.41) is 3.61. The van der Waals surface area contributed by atoms with Crippen LogP contribution >= 0.6 is 0 Å². The van der Waals surface area contributed by atoms with Gasteiger partial charge in [-0.1, -0.05) is 37.6 Å². The number of rotatable bonds is 6. The first-order valence-corrected chi connectivity index (χ1v) is 7.73. The molecule has 1 aliphatic rings. The molecule has 1 saturated heterocycles. The molecular weight excluding hydrogens is 232 g/mol. The highest BCUT2D eigenvalue weighted by molar-refractivity contribution is 5.25. The molecule has 0 amide bonds. The van der Waals surface area contributed by atoms with Gasteiger partial charge in [-0.25, -0.2) is 0 Å². The molecule has 106 valence electrons. The van der Waals surface area contributed by atoms with Crippen LogP contribution in [0.25, 0.3) is 0 Å². The van der Waals surface area contributed by atoms with E-state index in [-0.39, 0.29) is 0 Å². The van der Waals surface area contributed by atoms with Crippen LogP contribution in [-0.4, -0.2) is 31.1 Å². The summed E-state index contributed by atoms with van der Waals surface area (Å²) in [4.78, 5) is 2.63. The molecule has 0 aliphatic carbocycles. The number of piperidine rings is 1. The zero-order chi connectivity index (χ0) is 13.5. The normalized spacial score (nSPS) is 18.4. The highest BCUT2D eigenvalue weighted by atomic mass is 15.1. The van der Waals surface area contributed by atoms with Gasteiger partial charge in [0.1, 0.15) is 0 Å². The second-order valence-corrected chi connectivity index (χ2v) is 6.02. The Morgan fingerprint density at radius 2 is 1.89 bits per heavy atom. The zero-order valence-electron chi connectivity index (χ0n) is 12.5. The second-order valence-electron chi connectivity index (χ2n) is 6.02. The minimum atomic E-state index is 0.738. The Labute approximate surface area is 118 Å². The van der Waals surface area contributed by atoms with E-state index in [0.29, 0.717) is 0 Å². The molecule has 1 aliphatic heterocycles. The summed E-state index contributed by atoms with van der Waals surface area (Å²) in [6.07, 6.45) is 4.21. The Morgan fingerprint density at radius 3 is 2.63 bits per heavy atom. The van der Waals surface area contributed by atoms with Crippen LogP contribution < -0.4 is 5.32 Å². The van der Waals surface area contributed by atoms with Gasteiger partial charge in [0.05, 0.1) is 0 Å². The van der Waals surface area contributed by atoms with Crippen LogP contribution in [0.2, 0.25) is 0 Å². The van der Waals surface area contributed by atoms with Crippen LogP contribution in [0.1, 0.15) is 37.3 Å². The van der Waals surface area contributed by atoms with E-state index in [4.69, 9.17) is 0 Å². The van der Waals surface area contributed by atoms with Gasteiger partial charge >= 0.3 is 0 Å². The summed E-state index contributed by atoms with van der Waals surface area (Å²) in [6.45, 7) is 10.5. The number of benzene rings is 1. The van der Waals surface area contributed by atoms with Gasteiger partial charge in [-0.2, -0.15) is 0 Å². The van der Waals surface area contributed by atoms with Gasteiger partial charge in [0.2, 0.25) is 0 Å². The van der Waals surface area contributed by atoms with E-state index in [0.717, 1.165) is 19.0 Å². The summed E-state index contributed by atoms with van der Waals surface area (Å²) in [5.41, 5.74) is 2.81. The Balaban J connectivity index is 1.66. The van der Waals surface area contributed by atoms with Crippen molar-refractivity contribution in [1.29, 1.82) is 0 Å². The molecular formula is C17H28N2. The highest BCUT2D eigenvalue weighted by Gasteiger charge is 2.13. The zero-order valence-corrected chi connectivity index (χ0v) is 12.5. The fourth-order valence-corrected chi connectivity index (χ4v) is 2.91. The Kier molecular flexibility index (Phi) is 5.87. The van der Waals surface area contributed by atoms with Crippen LogP contribution in [0, 0.1) is 12.8 Å². The van der Waals surface area contributed by atoms with Gasteiger partial charge in [0, 0.05) is 13.1 Å². The minimum Gasteiger partial charge on any atom is -0.312 e. The molecule has 1 unspecified atom stereocenters. The van der Waals surface area contributed by atoms with Crippen molar-refractivity contribution in [3.05, 3.63) is 35.4 Å². The van der Waals surface area contributed by atoms with Gasteiger partial charge in [-0.05, 0) is 56.4 Å². The number of aryl methyl sites for hydroxylation is 1. The third-order valence-electron chi connectivity index (χ3n) is 4.09. The molecule has 19 heavy (non-hydrogen) atoms. The topological polar surface area (TPSA) is 15.3 Å². The molecule has 1 aromatic rings. The Hall–Kier alpha value is -0.860. The van der Waals surface area contributed by atoms with Gasteiger partial charge in [-0.15, -0.1) is 0 Å². The van der Waals surface area contributed by atoms with Crippen molar-refractivity contribution in [2.45, 2.75) is 39.7 Å². The van der Waals surface area contributed by atoms with Gasteiger partial charge in [0.25, 0.3) is 0 Å². The molecule has 2 rings (SSSR count).